The van der Waals surface area contributed by atoms with Gasteiger partial charge >= 0.3 is 0 Å². The SMILES string of the molecule is O=C(CSc1nonc1C(=Nc1ccc(F)c(Br)c1)NO)NC1CC1. The highest BCUT2D eigenvalue weighted by atomic mass is 79.9. The summed E-state index contributed by atoms with van der Waals surface area (Å²) in [5, 5.41) is 19.9. The van der Waals surface area contributed by atoms with E-state index in [1.54, 1.807) is 0 Å². The minimum absolute atomic E-state index is 0.0372. The van der Waals surface area contributed by atoms with Gasteiger partial charge in [0.2, 0.25) is 5.91 Å². The van der Waals surface area contributed by atoms with E-state index in [1.165, 1.54) is 18.2 Å². The molecule has 0 saturated heterocycles. The number of nitrogens with zero attached hydrogens (tertiary/aromatic N) is 3. The molecule has 0 aliphatic heterocycles. The lowest BCUT2D eigenvalue weighted by Crippen LogP contribution is -2.27. The summed E-state index contributed by atoms with van der Waals surface area (Å²) in [6.07, 6.45) is 2.01. The van der Waals surface area contributed by atoms with Gasteiger partial charge in [-0.3, -0.25) is 15.5 Å². The van der Waals surface area contributed by atoms with E-state index in [2.05, 4.69) is 41.2 Å². The van der Waals surface area contributed by atoms with Crippen LogP contribution in [0.15, 0.2) is 37.3 Å². The molecule has 132 valence electrons. The Morgan fingerprint density at radius 3 is 2.96 bits per heavy atom. The molecule has 1 aromatic heterocycles. The molecular formula is C14H13BrFN5O3S. The summed E-state index contributed by atoms with van der Waals surface area (Å²) < 4.78 is 18.2. The predicted octanol–water partition coefficient (Wildman–Crippen LogP) is 2.40. The number of benzene rings is 1. The Morgan fingerprint density at radius 2 is 2.28 bits per heavy atom. The summed E-state index contributed by atoms with van der Waals surface area (Å²) in [6, 6.07) is 4.38. The molecule has 3 rings (SSSR count). The third-order valence-electron chi connectivity index (χ3n) is 3.22. The Hall–Kier alpha value is -1.98. The van der Waals surface area contributed by atoms with Crippen LogP contribution in [-0.4, -0.2) is 39.1 Å². The van der Waals surface area contributed by atoms with Crippen molar-refractivity contribution >= 4 is 45.1 Å². The summed E-state index contributed by atoms with van der Waals surface area (Å²) in [5.74, 6) is -0.443. The second-order valence-electron chi connectivity index (χ2n) is 5.22. The molecule has 0 atom stereocenters. The van der Waals surface area contributed by atoms with Crippen molar-refractivity contribution in [1.82, 2.24) is 21.1 Å². The summed E-state index contributed by atoms with van der Waals surface area (Å²) in [6.45, 7) is 0. The van der Waals surface area contributed by atoms with Gasteiger partial charge in [-0.15, -0.1) is 0 Å². The first-order chi connectivity index (χ1) is 12.1. The number of hydroxylamine groups is 1. The Balaban J connectivity index is 1.74. The van der Waals surface area contributed by atoms with Crippen LogP contribution in [0.25, 0.3) is 0 Å². The monoisotopic (exact) mass is 429 g/mol. The average molecular weight is 430 g/mol. The molecule has 25 heavy (non-hydrogen) atoms. The average Bonchev–Trinajstić information content (AvgIpc) is 3.28. The van der Waals surface area contributed by atoms with Gasteiger partial charge in [0.15, 0.2) is 16.6 Å². The zero-order valence-electron chi connectivity index (χ0n) is 12.7. The molecule has 2 aromatic rings. The number of aliphatic imine (C=N–C) groups is 1. The molecular weight excluding hydrogens is 417 g/mol. The predicted molar refractivity (Wildman–Crippen MR) is 91.4 cm³/mol. The number of hydrogen-bond donors (Lipinski definition) is 3. The van der Waals surface area contributed by atoms with Gasteiger partial charge in [0, 0.05) is 6.04 Å². The third kappa shape index (κ3) is 4.77. The first kappa shape index (κ1) is 17.8. The topological polar surface area (TPSA) is 113 Å². The molecule has 1 aliphatic rings. The number of aromatic nitrogens is 2. The minimum Gasteiger partial charge on any atom is -0.353 e. The van der Waals surface area contributed by atoms with E-state index in [0.29, 0.717) is 10.7 Å². The molecule has 11 heteroatoms. The number of amidine groups is 1. The van der Waals surface area contributed by atoms with E-state index in [0.717, 1.165) is 24.6 Å². The molecule has 0 spiro atoms. The number of rotatable bonds is 6. The molecule has 0 radical (unpaired) electrons. The standard InChI is InChI=1S/C14H13BrFN5O3S/c15-9-5-8(3-4-10(9)16)18-13(19-23)12-14(21-24-20-12)25-6-11(22)17-7-1-2-7/h3-5,7,23H,1-2,6H2,(H,17,22)(H,18,19). The van der Waals surface area contributed by atoms with E-state index in [1.807, 2.05) is 5.48 Å². The highest BCUT2D eigenvalue weighted by molar-refractivity contribution is 9.10. The maximum Gasteiger partial charge on any atom is 0.230 e. The largest absolute Gasteiger partial charge is 0.353 e. The van der Waals surface area contributed by atoms with Gasteiger partial charge in [-0.1, -0.05) is 11.8 Å². The summed E-state index contributed by atoms with van der Waals surface area (Å²) >= 11 is 4.18. The van der Waals surface area contributed by atoms with Gasteiger partial charge in [0.1, 0.15) is 5.82 Å². The molecule has 0 bridgehead atoms. The molecule has 8 nitrogen and oxygen atoms in total. The van der Waals surface area contributed by atoms with Crippen LogP contribution in [0.1, 0.15) is 18.5 Å². The zero-order valence-corrected chi connectivity index (χ0v) is 15.1. The fourth-order valence-electron chi connectivity index (χ4n) is 1.87. The van der Waals surface area contributed by atoms with Crippen molar-refractivity contribution < 1.29 is 19.0 Å². The minimum atomic E-state index is -0.432. The van der Waals surface area contributed by atoms with Crippen LogP contribution in [-0.2, 0) is 4.79 Å². The van der Waals surface area contributed by atoms with Crippen molar-refractivity contribution in [2.75, 3.05) is 5.75 Å². The number of carbonyl (C=O) groups is 1. The molecule has 3 N–H and O–H groups in total. The van der Waals surface area contributed by atoms with Crippen LogP contribution in [0, 0.1) is 5.82 Å². The highest BCUT2D eigenvalue weighted by Crippen LogP contribution is 2.25. The number of amides is 1. The van der Waals surface area contributed by atoms with Crippen LogP contribution in [0.4, 0.5) is 10.1 Å². The Morgan fingerprint density at radius 1 is 1.48 bits per heavy atom. The van der Waals surface area contributed by atoms with Crippen molar-refractivity contribution in [3.8, 4) is 0 Å². The normalized spacial score (nSPS) is 14.4. The number of carbonyl (C=O) groups excluding carboxylic acids is 1. The molecule has 1 aliphatic carbocycles. The van der Waals surface area contributed by atoms with E-state index in [9.17, 15) is 14.4 Å². The summed E-state index contributed by atoms with van der Waals surface area (Å²) in [5.41, 5.74) is 2.44. The maximum atomic E-state index is 13.3. The lowest BCUT2D eigenvalue weighted by Gasteiger charge is -2.04. The molecule has 0 unspecified atom stereocenters. The van der Waals surface area contributed by atoms with Crippen LogP contribution < -0.4 is 10.8 Å². The van der Waals surface area contributed by atoms with Crippen LogP contribution >= 0.6 is 27.7 Å². The van der Waals surface area contributed by atoms with Crippen LogP contribution in [0.2, 0.25) is 0 Å². The fourth-order valence-corrected chi connectivity index (χ4v) is 2.94. The third-order valence-corrected chi connectivity index (χ3v) is 4.77. The van der Waals surface area contributed by atoms with Crippen molar-refractivity contribution in [3.63, 3.8) is 0 Å². The number of halogens is 2. The van der Waals surface area contributed by atoms with Crippen molar-refractivity contribution in [1.29, 1.82) is 0 Å². The molecule has 1 aromatic carbocycles. The Kier molecular flexibility index (Phi) is 5.66. The summed E-state index contributed by atoms with van der Waals surface area (Å²) in [4.78, 5) is 15.9. The first-order valence-electron chi connectivity index (χ1n) is 7.25. The molecule has 1 saturated carbocycles. The number of nitrogens with one attached hydrogen (secondary N) is 2. The van der Waals surface area contributed by atoms with Crippen LogP contribution in [0.5, 0.6) is 0 Å². The van der Waals surface area contributed by atoms with E-state index >= 15 is 0 Å². The van der Waals surface area contributed by atoms with Gasteiger partial charge in [0.25, 0.3) is 0 Å². The van der Waals surface area contributed by atoms with Crippen molar-refractivity contribution in [2.45, 2.75) is 23.9 Å². The van der Waals surface area contributed by atoms with Gasteiger partial charge < -0.3 is 5.32 Å². The van der Waals surface area contributed by atoms with Gasteiger partial charge in [-0.2, -0.15) is 0 Å². The maximum absolute atomic E-state index is 13.3. The highest BCUT2D eigenvalue weighted by Gasteiger charge is 2.24. The zero-order chi connectivity index (χ0) is 17.8. The van der Waals surface area contributed by atoms with E-state index < -0.39 is 5.82 Å². The number of hydrogen-bond acceptors (Lipinski definition) is 7. The molecule has 1 amide bonds. The lowest BCUT2D eigenvalue weighted by molar-refractivity contribution is -0.118. The van der Waals surface area contributed by atoms with Gasteiger partial charge in [0.05, 0.1) is 15.9 Å². The first-order valence-corrected chi connectivity index (χ1v) is 9.03. The van der Waals surface area contributed by atoms with Gasteiger partial charge in [-0.05, 0) is 57.3 Å². The Labute approximate surface area is 154 Å². The molecule has 1 fully saturated rings. The van der Waals surface area contributed by atoms with Crippen molar-refractivity contribution in [2.24, 2.45) is 4.99 Å². The second kappa shape index (κ2) is 7.93. The Bertz CT molecular complexity index is 812. The smallest absolute Gasteiger partial charge is 0.230 e. The fraction of sp³-hybridized carbons (Fsp3) is 0.286. The van der Waals surface area contributed by atoms with Crippen LogP contribution in [0.3, 0.4) is 0 Å². The second-order valence-corrected chi connectivity index (χ2v) is 7.04. The summed E-state index contributed by atoms with van der Waals surface area (Å²) in [7, 11) is 0. The van der Waals surface area contributed by atoms with Gasteiger partial charge in [-0.25, -0.2) is 14.0 Å². The number of thioether (sulfide) groups is 1. The molecule has 1 heterocycles. The van der Waals surface area contributed by atoms with E-state index in [-0.39, 0.29) is 33.7 Å². The quantitative estimate of drug-likeness (QED) is 0.279. The lowest BCUT2D eigenvalue weighted by atomic mass is 10.3. The van der Waals surface area contributed by atoms with Crippen molar-refractivity contribution in [3.05, 3.63) is 34.2 Å². The van der Waals surface area contributed by atoms with E-state index in [4.69, 9.17) is 0 Å².